The fourth-order valence-corrected chi connectivity index (χ4v) is 3.39. The van der Waals surface area contributed by atoms with E-state index in [-0.39, 0.29) is 16.7 Å². The summed E-state index contributed by atoms with van der Waals surface area (Å²) in [5.74, 6) is -5.14. The topological polar surface area (TPSA) is 137 Å². The van der Waals surface area contributed by atoms with Gasteiger partial charge in [-0.2, -0.15) is 18.4 Å². The average molecular weight is 533 g/mol. The van der Waals surface area contributed by atoms with Gasteiger partial charge in [0.25, 0.3) is 11.7 Å². The maximum absolute atomic E-state index is 13.1. The number of carbonyl (C=O) groups excluding carboxylic acids is 4. The number of hydrogen-bond acceptors (Lipinski definition) is 6. The zero-order valence-electron chi connectivity index (χ0n) is 21.1. The Kier molecular flexibility index (Phi) is 9.98. The fourth-order valence-electron chi connectivity index (χ4n) is 3.39. The van der Waals surface area contributed by atoms with Crippen LogP contribution in [0.4, 0.5) is 13.2 Å². The Morgan fingerprint density at radius 3 is 2.08 bits per heavy atom. The summed E-state index contributed by atoms with van der Waals surface area (Å²) in [5.41, 5.74) is 0.552. The molecule has 9 nitrogen and oxygen atoms in total. The van der Waals surface area contributed by atoms with E-state index in [1.165, 1.54) is 76.4 Å². The maximum atomic E-state index is 13.1. The number of ether oxygens (including phenoxy) is 1. The van der Waals surface area contributed by atoms with Crippen molar-refractivity contribution in [2.24, 2.45) is 5.92 Å². The lowest BCUT2D eigenvalue weighted by molar-refractivity contribution is -0.175. The minimum Gasteiger partial charge on any atom is -0.497 e. The number of nitrogens with zero attached hydrogens (tertiary/aromatic N) is 1. The molecule has 0 spiro atoms. The van der Waals surface area contributed by atoms with Gasteiger partial charge in [-0.1, -0.05) is 32.0 Å². The van der Waals surface area contributed by atoms with Gasteiger partial charge in [-0.05, 0) is 48.7 Å². The molecule has 0 fully saturated rings. The van der Waals surface area contributed by atoms with Crippen molar-refractivity contribution in [1.82, 2.24) is 16.0 Å². The molecule has 0 aliphatic carbocycles. The number of hydrogen-bond donors (Lipinski definition) is 3. The van der Waals surface area contributed by atoms with Gasteiger partial charge in [-0.3, -0.25) is 19.2 Å². The second-order valence-corrected chi connectivity index (χ2v) is 8.69. The van der Waals surface area contributed by atoms with Crippen molar-refractivity contribution in [1.29, 1.82) is 5.26 Å². The Morgan fingerprint density at radius 1 is 0.921 bits per heavy atom. The second-order valence-electron chi connectivity index (χ2n) is 8.69. The van der Waals surface area contributed by atoms with Crippen molar-refractivity contribution in [2.45, 2.75) is 45.1 Å². The highest BCUT2D eigenvalue weighted by molar-refractivity contribution is 5.99. The van der Waals surface area contributed by atoms with E-state index in [1.54, 1.807) is 0 Å². The van der Waals surface area contributed by atoms with E-state index in [2.05, 4.69) is 16.0 Å². The molecule has 3 atom stereocenters. The molecule has 0 saturated heterocycles. The number of nitrogens with one attached hydrogen (secondary N) is 3. The quantitative estimate of drug-likeness (QED) is 0.430. The Bertz CT molecular complexity index is 1220. The molecule has 0 aliphatic rings. The molecule has 0 aliphatic heterocycles. The third-order valence-corrected chi connectivity index (χ3v) is 5.52. The molecule has 2 rings (SSSR count). The summed E-state index contributed by atoms with van der Waals surface area (Å²) in [7, 11) is 1.41. The lowest BCUT2D eigenvalue weighted by Gasteiger charge is -2.26. The number of rotatable bonds is 10. The van der Waals surface area contributed by atoms with E-state index in [4.69, 9.17) is 10.00 Å². The van der Waals surface area contributed by atoms with Gasteiger partial charge in [0, 0.05) is 5.56 Å². The Labute approximate surface area is 217 Å². The first-order valence-electron chi connectivity index (χ1n) is 11.4. The summed E-state index contributed by atoms with van der Waals surface area (Å²) in [6.07, 6.45) is -5.18. The van der Waals surface area contributed by atoms with Gasteiger partial charge in [-0.15, -0.1) is 0 Å². The third-order valence-electron chi connectivity index (χ3n) is 5.52. The van der Waals surface area contributed by atoms with Gasteiger partial charge in [0.05, 0.1) is 24.8 Å². The summed E-state index contributed by atoms with van der Waals surface area (Å²) >= 11 is 0. The SMILES string of the molecule is COc1ccc(C(NC(=O)C(C)NC(=O)c2cccc(C#N)c2)C(=O)NC(C(=O)C(F)(F)F)C(C)C)cc1. The van der Waals surface area contributed by atoms with Gasteiger partial charge in [0.2, 0.25) is 11.8 Å². The summed E-state index contributed by atoms with van der Waals surface area (Å²) in [6.45, 7) is 4.03. The van der Waals surface area contributed by atoms with E-state index in [0.717, 1.165) is 0 Å². The van der Waals surface area contributed by atoms with Crippen molar-refractivity contribution < 1.29 is 37.1 Å². The van der Waals surface area contributed by atoms with Crippen LogP contribution in [-0.2, 0) is 14.4 Å². The largest absolute Gasteiger partial charge is 0.497 e. The van der Waals surface area contributed by atoms with Crippen LogP contribution in [0.2, 0.25) is 0 Å². The molecule has 2 aromatic rings. The highest BCUT2D eigenvalue weighted by Gasteiger charge is 2.45. The molecule has 2 aromatic carbocycles. The van der Waals surface area contributed by atoms with E-state index >= 15 is 0 Å². The van der Waals surface area contributed by atoms with Crippen molar-refractivity contribution in [2.75, 3.05) is 7.11 Å². The molecule has 0 aromatic heterocycles. The van der Waals surface area contributed by atoms with Crippen LogP contribution in [0.5, 0.6) is 5.75 Å². The van der Waals surface area contributed by atoms with Gasteiger partial charge >= 0.3 is 6.18 Å². The molecule has 0 radical (unpaired) electrons. The smallest absolute Gasteiger partial charge is 0.452 e. The summed E-state index contributed by atoms with van der Waals surface area (Å²) in [4.78, 5) is 50.5. The molecule has 12 heteroatoms. The van der Waals surface area contributed by atoms with Crippen LogP contribution < -0.4 is 20.7 Å². The lowest BCUT2D eigenvalue weighted by atomic mass is 9.97. The van der Waals surface area contributed by atoms with E-state index in [0.29, 0.717) is 5.75 Å². The number of Topliss-reactive ketones (excluding diaryl/α,β-unsaturated/α-hetero) is 1. The number of ketones is 1. The number of benzene rings is 2. The van der Waals surface area contributed by atoms with E-state index < -0.39 is 53.7 Å². The van der Waals surface area contributed by atoms with Crippen LogP contribution in [-0.4, -0.2) is 48.9 Å². The van der Waals surface area contributed by atoms with Crippen LogP contribution in [0.25, 0.3) is 0 Å². The maximum Gasteiger partial charge on any atom is 0.452 e. The summed E-state index contributed by atoms with van der Waals surface area (Å²) in [5, 5.41) is 16.0. The molecule has 3 amide bonds. The van der Waals surface area contributed by atoms with Crippen molar-refractivity contribution in [3.63, 3.8) is 0 Å². The Hall–Kier alpha value is -4.40. The minimum absolute atomic E-state index is 0.124. The summed E-state index contributed by atoms with van der Waals surface area (Å²) in [6, 6.07) is 8.91. The van der Waals surface area contributed by atoms with Gasteiger partial charge in [0.1, 0.15) is 17.8 Å². The van der Waals surface area contributed by atoms with Gasteiger partial charge in [0.15, 0.2) is 0 Å². The van der Waals surface area contributed by atoms with Crippen molar-refractivity contribution >= 4 is 23.5 Å². The van der Waals surface area contributed by atoms with Crippen LogP contribution in [0, 0.1) is 17.2 Å². The highest BCUT2D eigenvalue weighted by Crippen LogP contribution is 2.23. The van der Waals surface area contributed by atoms with Crippen molar-refractivity contribution in [3.8, 4) is 11.8 Å². The molecule has 0 bridgehead atoms. The highest BCUT2D eigenvalue weighted by atomic mass is 19.4. The Balaban J connectivity index is 2.28. The summed E-state index contributed by atoms with van der Waals surface area (Å²) < 4.78 is 44.4. The number of methoxy groups -OCH3 is 1. The lowest BCUT2D eigenvalue weighted by Crippen LogP contribution is -2.54. The predicted molar refractivity (Wildman–Crippen MR) is 130 cm³/mol. The van der Waals surface area contributed by atoms with Crippen LogP contribution >= 0.6 is 0 Å². The first kappa shape index (κ1) is 29.8. The van der Waals surface area contributed by atoms with Crippen LogP contribution in [0.1, 0.15) is 48.3 Å². The molecule has 38 heavy (non-hydrogen) atoms. The minimum atomic E-state index is -5.18. The fraction of sp³-hybridized carbons (Fsp3) is 0.346. The molecule has 0 heterocycles. The standard InChI is InChI=1S/C26H27F3N4O5/c1-14(2)20(22(34)26(27,28)29)32-25(37)21(17-8-10-19(38-4)11-9-17)33-23(35)15(3)31-24(36)18-7-5-6-16(12-18)13-30/h5-12,14-15,20-21H,1-4H3,(H,31,36)(H,32,37)(H,33,35). The van der Waals surface area contributed by atoms with Crippen molar-refractivity contribution in [3.05, 3.63) is 65.2 Å². The normalized spacial score (nSPS) is 13.4. The molecule has 3 N–H and O–H groups in total. The van der Waals surface area contributed by atoms with E-state index in [1.807, 2.05) is 6.07 Å². The second kappa shape index (κ2) is 12.7. The molecule has 3 unspecified atom stereocenters. The first-order chi connectivity index (χ1) is 17.8. The molecular weight excluding hydrogens is 505 g/mol. The van der Waals surface area contributed by atoms with Crippen LogP contribution in [0.3, 0.4) is 0 Å². The number of halogens is 3. The number of carbonyl (C=O) groups is 4. The monoisotopic (exact) mass is 532 g/mol. The zero-order valence-corrected chi connectivity index (χ0v) is 21.1. The average Bonchev–Trinajstić information content (AvgIpc) is 2.88. The van der Waals surface area contributed by atoms with Gasteiger partial charge < -0.3 is 20.7 Å². The number of amides is 3. The number of nitriles is 1. The van der Waals surface area contributed by atoms with Gasteiger partial charge in [-0.25, -0.2) is 0 Å². The number of alkyl halides is 3. The Morgan fingerprint density at radius 2 is 1.55 bits per heavy atom. The molecule has 0 saturated carbocycles. The predicted octanol–water partition coefficient (Wildman–Crippen LogP) is 2.81. The molecular formula is C26H27F3N4O5. The van der Waals surface area contributed by atoms with Crippen LogP contribution in [0.15, 0.2) is 48.5 Å². The first-order valence-corrected chi connectivity index (χ1v) is 11.4. The third kappa shape index (κ3) is 7.80. The molecule has 202 valence electrons. The van der Waals surface area contributed by atoms with E-state index in [9.17, 15) is 32.3 Å². The zero-order chi connectivity index (χ0) is 28.6.